The SMILES string of the molecule is CNCc1ccccc1NS(=O)(=O)c1c(Br)nnn1C. The van der Waals surface area contributed by atoms with E-state index in [1.54, 1.807) is 19.2 Å². The van der Waals surface area contributed by atoms with Crippen LogP contribution in [0, 0.1) is 0 Å². The highest BCUT2D eigenvalue weighted by molar-refractivity contribution is 9.10. The van der Waals surface area contributed by atoms with Crippen molar-refractivity contribution in [1.29, 1.82) is 0 Å². The molecule has 0 bridgehead atoms. The van der Waals surface area contributed by atoms with E-state index in [-0.39, 0.29) is 9.63 Å². The Hall–Kier alpha value is -1.45. The zero-order valence-corrected chi connectivity index (χ0v) is 13.4. The van der Waals surface area contributed by atoms with Crippen molar-refractivity contribution in [2.45, 2.75) is 11.6 Å². The highest BCUT2D eigenvalue weighted by Crippen LogP contribution is 2.23. The molecule has 0 amide bonds. The van der Waals surface area contributed by atoms with E-state index in [1.807, 2.05) is 12.1 Å². The number of nitrogens with one attached hydrogen (secondary N) is 2. The van der Waals surface area contributed by atoms with Gasteiger partial charge in [-0.05, 0) is 34.6 Å². The number of nitrogens with zero attached hydrogens (tertiary/aromatic N) is 3. The van der Waals surface area contributed by atoms with Gasteiger partial charge in [-0.15, -0.1) is 5.10 Å². The molecule has 1 aromatic carbocycles. The van der Waals surface area contributed by atoms with Crippen molar-refractivity contribution in [3.63, 3.8) is 0 Å². The van der Waals surface area contributed by atoms with Crippen molar-refractivity contribution in [2.24, 2.45) is 7.05 Å². The predicted octanol–water partition coefficient (Wildman–Crippen LogP) is 1.10. The zero-order chi connectivity index (χ0) is 14.8. The van der Waals surface area contributed by atoms with Crippen LogP contribution in [0.15, 0.2) is 33.9 Å². The standard InChI is InChI=1S/C11H14BrN5O2S/c1-13-7-8-5-3-4-6-9(8)15-20(18,19)11-10(12)14-16-17(11)2/h3-6,13,15H,7H2,1-2H3. The lowest BCUT2D eigenvalue weighted by atomic mass is 10.2. The van der Waals surface area contributed by atoms with E-state index in [0.717, 1.165) is 5.56 Å². The van der Waals surface area contributed by atoms with E-state index in [0.29, 0.717) is 12.2 Å². The van der Waals surface area contributed by atoms with Gasteiger partial charge < -0.3 is 5.32 Å². The van der Waals surface area contributed by atoms with Crippen molar-refractivity contribution in [1.82, 2.24) is 20.3 Å². The normalized spacial score (nSPS) is 11.6. The molecule has 2 aromatic rings. The molecule has 7 nitrogen and oxygen atoms in total. The quantitative estimate of drug-likeness (QED) is 0.834. The summed E-state index contributed by atoms with van der Waals surface area (Å²) in [6, 6.07) is 7.19. The number of rotatable bonds is 5. The minimum atomic E-state index is -3.76. The van der Waals surface area contributed by atoms with E-state index in [9.17, 15) is 8.42 Å². The molecule has 2 rings (SSSR count). The van der Waals surface area contributed by atoms with Crippen LogP contribution in [-0.2, 0) is 23.6 Å². The average molecular weight is 360 g/mol. The van der Waals surface area contributed by atoms with Crippen molar-refractivity contribution < 1.29 is 8.42 Å². The first-order valence-electron chi connectivity index (χ1n) is 5.76. The number of sulfonamides is 1. The number of aryl methyl sites for hydroxylation is 1. The highest BCUT2D eigenvalue weighted by atomic mass is 79.9. The zero-order valence-electron chi connectivity index (χ0n) is 11.0. The molecular weight excluding hydrogens is 346 g/mol. The van der Waals surface area contributed by atoms with Crippen LogP contribution in [0.3, 0.4) is 0 Å². The molecule has 0 spiro atoms. The van der Waals surface area contributed by atoms with Crippen LogP contribution in [0.2, 0.25) is 0 Å². The number of para-hydroxylation sites is 1. The Kier molecular flexibility index (Phi) is 4.41. The van der Waals surface area contributed by atoms with Gasteiger partial charge in [0, 0.05) is 13.6 Å². The lowest BCUT2D eigenvalue weighted by molar-refractivity contribution is 0.578. The van der Waals surface area contributed by atoms with Gasteiger partial charge in [-0.2, -0.15) is 8.42 Å². The minimum absolute atomic E-state index is 0.0169. The summed E-state index contributed by atoms with van der Waals surface area (Å²) in [4.78, 5) is 0. The molecule has 1 heterocycles. The van der Waals surface area contributed by atoms with E-state index >= 15 is 0 Å². The van der Waals surface area contributed by atoms with Gasteiger partial charge >= 0.3 is 0 Å². The molecule has 0 aliphatic carbocycles. The Morgan fingerprint density at radius 1 is 1.35 bits per heavy atom. The molecular formula is C11H14BrN5O2S. The second-order valence-electron chi connectivity index (χ2n) is 4.10. The van der Waals surface area contributed by atoms with Crippen molar-refractivity contribution >= 4 is 31.6 Å². The molecule has 0 saturated carbocycles. The summed E-state index contributed by atoms with van der Waals surface area (Å²) in [5.74, 6) is 0. The van der Waals surface area contributed by atoms with Crippen molar-refractivity contribution in [3.05, 3.63) is 34.4 Å². The van der Waals surface area contributed by atoms with Gasteiger partial charge in [0.25, 0.3) is 10.0 Å². The fourth-order valence-electron chi connectivity index (χ4n) is 1.77. The maximum Gasteiger partial charge on any atom is 0.281 e. The monoisotopic (exact) mass is 359 g/mol. The van der Waals surface area contributed by atoms with Crippen molar-refractivity contribution in [2.75, 3.05) is 11.8 Å². The molecule has 20 heavy (non-hydrogen) atoms. The fraction of sp³-hybridized carbons (Fsp3) is 0.273. The van der Waals surface area contributed by atoms with Crippen LogP contribution in [0.1, 0.15) is 5.56 Å². The first kappa shape index (κ1) is 14.9. The van der Waals surface area contributed by atoms with Gasteiger partial charge in [0.2, 0.25) is 5.03 Å². The Morgan fingerprint density at radius 2 is 2.05 bits per heavy atom. The molecule has 0 atom stereocenters. The topological polar surface area (TPSA) is 88.9 Å². The second kappa shape index (κ2) is 5.90. The van der Waals surface area contributed by atoms with Gasteiger partial charge in [-0.25, -0.2) is 4.68 Å². The van der Waals surface area contributed by atoms with Crippen LogP contribution in [-0.4, -0.2) is 30.5 Å². The number of aromatic nitrogens is 3. The molecule has 1 aromatic heterocycles. The van der Waals surface area contributed by atoms with Crippen LogP contribution < -0.4 is 10.0 Å². The van der Waals surface area contributed by atoms with Crippen LogP contribution in [0.4, 0.5) is 5.69 Å². The minimum Gasteiger partial charge on any atom is -0.316 e. The van der Waals surface area contributed by atoms with Crippen LogP contribution in [0.5, 0.6) is 0 Å². The van der Waals surface area contributed by atoms with Gasteiger partial charge in [0.1, 0.15) is 0 Å². The third-order valence-corrected chi connectivity index (χ3v) is 4.87. The molecule has 0 fully saturated rings. The van der Waals surface area contributed by atoms with E-state index in [1.165, 1.54) is 11.7 Å². The molecule has 9 heteroatoms. The number of hydrogen-bond donors (Lipinski definition) is 2. The third-order valence-electron chi connectivity index (χ3n) is 2.62. The molecule has 108 valence electrons. The predicted molar refractivity (Wildman–Crippen MR) is 78.7 cm³/mol. The number of benzene rings is 1. The first-order valence-corrected chi connectivity index (χ1v) is 8.04. The fourth-order valence-corrected chi connectivity index (χ4v) is 3.96. The molecule has 0 radical (unpaired) electrons. The summed E-state index contributed by atoms with van der Waals surface area (Å²) >= 11 is 3.09. The summed E-state index contributed by atoms with van der Waals surface area (Å²) < 4.78 is 28.7. The Labute approximate surface area is 125 Å². The van der Waals surface area contributed by atoms with Gasteiger partial charge in [0.15, 0.2) is 4.60 Å². The molecule has 0 aliphatic heterocycles. The largest absolute Gasteiger partial charge is 0.316 e. The Balaban J connectivity index is 2.39. The number of hydrogen-bond acceptors (Lipinski definition) is 5. The summed E-state index contributed by atoms with van der Waals surface area (Å²) in [6.07, 6.45) is 0. The van der Waals surface area contributed by atoms with E-state index < -0.39 is 10.0 Å². The highest BCUT2D eigenvalue weighted by Gasteiger charge is 2.24. The number of anilines is 1. The molecule has 0 aliphatic rings. The van der Waals surface area contributed by atoms with Crippen LogP contribution in [0.25, 0.3) is 0 Å². The average Bonchev–Trinajstić information content (AvgIpc) is 2.72. The van der Waals surface area contributed by atoms with Gasteiger partial charge in [0.05, 0.1) is 5.69 Å². The second-order valence-corrected chi connectivity index (χ2v) is 6.45. The summed E-state index contributed by atoms with van der Waals surface area (Å²) in [5, 5.41) is 10.3. The Morgan fingerprint density at radius 3 is 2.65 bits per heavy atom. The molecule has 2 N–H and O–H groups in total. The van der Waals surface area contributed by atoms with Gasteiger partial charge in [-0.1, -0.05) is 23.4 Å². The number of halogens is 1. The third kappa shape index (κ3) is 3.00. The first-order chi connectivity index (χ1) is 9.45. The van der Waals surface area contributed by atoms with E-state index in [4.69, 9.17) is 0 Å². The van der Waals surface area contributed by atoms with Crippen LogP contribution >= 0.6 is 15.9 Å². The summed E-state index contributed by atoms with van der Waals surface area (Å²) in [5.41, 5.74) is 1.37. The summed E-state index contributed by atoms with van der Waals surface area (Å²) in [6.45, 7) is 0.559. The maximum absolute atomic E-state index is 12.4. The van der Waals surface area contributed by atoms with E-state index in [2.05, 4.69) is 36.3 Å². The maximum atomic E-state index is 12.4. The molecule has 0 unspecified atom stereocenters. The lowest BCUT2D eigenvalue weighted by Gasteiger charge is -2.12. The lowest BCUT2D eigenvalue weighted by Crippen LogP contribution is -2.19. The van der Waals surface area contributed by atoms with Gasteiger partial charge in [-0.3, -0.25) is 4.72 Å². The smallest absolute Gasteiger partial charge is 0.281 e. The summed E-state index contributed by atoms with van der Waals surface area (Å²) in [7, 11) is -0.441. The van der Waals surface area contributed by atoms with Crippen molar-refractivity contribution in [3.8, 4) is 0 Å². The molecule has 0 saturated heterocycles. The Bertz CT molecular complexity index is 694.